The van der Waals surface area contributed by atoms with Crippen molar-refractivity contribution in [3.63, 3.8) is 0 Å². The maximum Gasteiger partial charge on any atom is 0.108 e. The zero-order chi connectivity index (χ0) is 8.31. The van der Waals surface area contributed by atoms with Crippen LogP contribution in [0, 0.1) is 0 Å². The summed E-state index contributed by atoms with van der Waals surface area (Å²) in [6.45, 7) is 4.46. The second-order valence-electron chi connectivity index (χ2n) is 2.34. The number of nitrogens with zero attached hydrogens (tertiary/aromatic N) is 1. The fourth-order valence-electron chi connectivity index (χ4n) is 0.937. The Labute approximate surface area is 77.3 Å². The molecule has 3 N–H and O–H groups in total. The summed E-state index contributed by atoms with van der Waals surface area (Å²) in [7, 11) is 0. The quantitative estimate of drug-likeness (QED) is 0.428. The summed E-state index contributed by atoms with van der Waals surface area (Å²) in [5.41, 5.74) is 0. The molecule has 0 rings (SSSR count). The molecule has 0 fully saturated rings. The van der Waals surface area contributed by atoms with Crippen LogP contribution in [0.2, 0.25) is 0 Å². The van der Waals surface area contributed by atoms with Crippen LogP contribution in [0.5, 0.6) is 0 Å². The molecule has 3 atom stereocenters. The van der Waals surface area contributed by atoms with Gasteiger partial charge in [0.1, 0.15) is 18.7 Å². The van der Waals surface area contributed by atoms with Gasteiger partial charge in [0, 0.05) is 17.1 Å². The van der Waals surface area contributed by atoms with Gasteiger partial charge in [-0.25, -0.2) is 4.90 Å². The summed E-state index contributed by atoms with van der Waals surface area (Å²) >= 11 is 0. The molecule has 73 valence electrons. The molecule has 0 amide bonds. The number of hydrogen-bond acceptors (Lipinski definition) is 4. The molecule has 0 aromatic carbocycles. The average Bonchev–Trinajstić information content (AvgIpc) is 1.59. The van der Waals surface area contributed by atoms with E-state index in [4.69, 9.17) is 15.3 Å². The van der Waals surface area contributed by atoms with Crippen LogP contribution in [-0.2, 0) is 17.1 Å². The van der Waals surface area contributed by atoms with E-state index in [9.17, 15) is 0 Å². The van der Waals surface area contributed by atoms with Gasteiger partial charge in [-0.2, -0.15) is 0 Å². The van der Waals surface area contributed by atoms with E-state index in [1.165, 1.54) is 25.7 Å². The standard InChI is InChI=1S/C6H15NO3.Cu/c1-4(8)7(5(2)9)6(3)10;/h4-6,8-10H,1-3H3;. The number of aliphatic hydroxyl groups is 3. The van der Waals surface area contributed by atoms with Crippen molar-refractivity contribution in [1.29, 1.82) is 0 Å². The summed E-state index contributed by atoms with van der Waals surface area (Å²) in [5.74, 6) is 0. The van der Waals surface area contributed by atoms with Gasteiger partial charge in [-0.15, -0.1) is 0 Å². The van der Waals surface area contributed by atoms with Crippen molar-refractivity contribution in [1.82, 2.24) is 4.90 Å². The first-order valence-electron chi connectivity index (χ1n) is 3.28. The SMILES string of the molecule is CC(O)N(C(C)O)C(C)O.[Cu]. The van der Waals surface area contributed by atoms with Gasteiger partial charge >= 0.3 is 0 Å². The molecule has 0 aliphatic rings. The minimum Gasteiger partial charge on any atom is -0.379 e. The van der Waals surface area contributed by atoms with E-state index in [0.29, 0.717) is 0 Å². The van der Waals surface area contributed by atoms with E-state index >= 15 is 0 Å². The van der Waals surface area contributed by atoms with Gasteiger partial charge in [-0.3, -0.25) is 0 Å². The van der Waals surface area contributed by atoms with Gasteiger partial charge < -0.3 is 15.3 Å². The minimum absolute atomic E-state index is 0. The van der Waals surface area contributed by atoms with Gasteiger partial charge in [0.05, 0.1) is 0 Å². The van der Waals surface area contributed by atoms with Crippen LogP contribution in [0.4, 0.5) is 0 Å². The monoisotopic (exact) mass is 212 g/mol. The van der Waals surface area contributed by atoms with Gasteiger partial charge in [-0.05, 0) is 20.8 Å². The van der Waals surface area contributed by atoms with Crippen molar-refractivity contribution < 1.29 is 32.4 Å². The summed E-state index contributed by atoms with van der Waals surface area (Å²) in [6, 6.07) is 0. The van der Waals surface area contributed by atoms with Crippen LogP contribution in [0.15, 0.2) is 0 Å². The minimum atomic E-state index is -0.833. The number of rotatable bonds is 3. The summed E-state index contributed by atoms with van der Waals surface area (Å²) in [6.07, 6.45) is -2.50. The second-order valence-corrected chi connectivity index (χ2v) is 2.34. The Hall–Kier alpha value is 0.359. The third kappa shape index (κ3) is 4.74. The predicted molar refractivity (Wildman–Crippen MR) is 36.9 cm³/mol. The third-order valence-corrected chi connectivity index (χ3v) is 1.29. The van der Waals surface area contributed by atoms with Crippen molar-refractivity contribution in [2.24, 2.45) is 0 Å². The smallest absolute Gasteiger partial charge is 0.108 e. The van der Waals surface area contributed by atoms with E-state index in [1.54, 1.807) is 0 Å². The Morgan fingerprint density at radius 3 is 1.00 bits per heavy atom. The van der Waals surface area contributed by atoms with Crippen molar-refractivity contribution >= 4 is 0 Å². The molecule has 0 saturated heterocycles. The van der Waals surface area contributed by atoms with Crippen molar-refractivity contribution in [2.45, 2.75) is 39.5 Å². The molecule has 1 radical (unpaired) electrons. The van der Waals surface area contributed by atoms with E-state index < -0.39 is 18.7 Å². The Morgan fingerprint density at radius 1 is 0.818 bits per heavy atom. The molecule has 3 unspecified atom stereocenters. The summed E-state index contributed by atoms with van der Waals surface area (Å²) in [5, 5.41) is 26.9. The molecule has 0 aromatic heterocycles. The Kier molecular flexibility index (Phi) is 7.52. The molecule has 0 aromatic rings. The van der Waals surface area contributed by atoms with E-state index in [0.717, 1.165) is 0 Å². The molecule has 0 spiro atoms. The van der Waals surface area contributed by atoms with Crippen LogP contribution in [-0.4, -0.2) is 38.9 Å². The van der Waals surface area contributed by atoms with Crippen LogP contribution < -0.4 is 0 Å². The van der Waals surface area contributed by atoms with E-state index in [-0.39, 0.29) is 17.1 Å². The molecule has 0 bridgehead atoms. The Balaban J connectivity index is 0. The molecule has 5 heteroatoms. The first-order chi connectivity index (χ1) is 4.46. The first-order valence-corrected chi connectivity index (χ1v) is 3.28. The second kappa shape index (κ2) is 5.94. The van der Waals surface area contributed by atoms with Crippen LogP contribution >= 0.6 is 0 Å². The maximum atomic E-state index is 8.96. The normalized spacial score (nSPS) is 18.8. The first kappa shape index (κ1) is 13.9. The van der Waals surface area contributed by atoms with Crippen LogP contribution in [0.3, 0.4) is 0 Å². The fourth-order valence-corrected chi connectivity index (χ4v) is 0.937. The van der Waals surface area contributed by atoms with E-state index in [1.807, 2.05) is 0 Å². The van der Waals surface area contributed by atoms with Crippen molar-refractivity contribution in [3.8, 4) is 0 Å². The predicted octanol–water partition coefficient (Wildman–Crippen LogP) is -0.699. The molecular formula is C6H15CuNO3. The fraction of sp³-hybridized carbons (Fsp3) is 1.00. The molecule has 0 saturated carbocycles. The Morgan fingerprint density at radius 2 is 1.00 bits per heavy atom. The van der Waals surface area contributed by atoms with E-state index in [2.05, 4.69) is 0 Å². The average molecular weight is 213 g/mol. The van der Waals surface area contributed by atoms with Gasteiger partial charge in [-0.1, -0.05) is 0 Å². The largest absolute Gasteiger partial charge is 0.379 e. The molecular weight excluding hydrogens is 198 g/mol. The van der Waals surface area contributed by atoms with Gasteiger partial charge in [0.15, 0.2) is 0 Å². The van der Waals surface area contributed by atoms with Crippen molar-refractivity contribution in [2.75, 3.05) is 0 Å². The zero-order valence-electron chi connectivity index (χ0n) is 6.82. The van der Waals surface area contributed by atoms with Crippen molar-refractivity contribution in [3.05, 3.63) is 0 Å². The summed E-state index contributed by atoms with van der Waals surface area (Å²) < 4.78 is 0. The van der Waals surface area contributed by atoms with Crippen LogP contribution in [0.25, 0.3) is 0 Å². The third-order valence-electron chi connectivity index (χ3n) is 1.29. The van der Waals surface area contributed by atoms with Crippen LogP contribution in [0.1, 0.15) is 20.8 Å². The Bertz CT molecular complexity index is 78.8. The van der Waals surface area contributed by atoms with Gasteiger partial charge in [0.2, 0.25) is 0 Å². The maximum absolute atomic E-state index is 8.96. The van der Waals surface area contributed by atoms with Gasteiger partial charge in [0.25, 0.3) is 0 Å². The molecule has 0 heterocycles. The molecule has 11 heavy (non-hydrogen) atoms. The number of aliphatic hydroxyl groups excluding tert-OH is 3. The topological polar surface area (TPSA) is 63.9 Å². The molecule has 4 nitrogen and oxygen atoms in total. The zero-order valence-corrected chi connectivity index (χ0v) is 7.76. The molecule has 0 aliphatic carbocycles. The molecule has 0 aliphatic heterocycles. The number of hydrogen-bond donors (Lipinski definition) is 3. The summed E-state index contributed by atoms with van der Waals surface area (Å²) in [4.78, 5) is 1.17.